The van der Waals surface area contributed by atoms with Gasteiger partial charge < -0.3 is 15.2 Å². The summed E-state index contributed by atoms with van der Waals surface area (Å²) in [6.45, 7) is 11.3. The van der Waals surface area contributed by atoms with Crippen molar-refractivity contribution >= 4 is 22.8 Å². The van der Waals surface area contributed by atoms with Gasteiger partial charge in [0.15, 0.2) is 5.65 Å². The molecule has 0 atom stereocenters. The first-order valence-electron chi connectivity index (χ1n) is 12.8. The van der Waals surface area contributed by atoms with E-state index in [0.29, 0.717) is 41.7 Å². The topological polar surface area (TPSA) is 113 Å². The predicted octanol–water partition coefficient (Wildman–Crippen LogP) is 3.75. The van der Waals surface area contributed by atoms with Crippen molar-refractivity contribution in [3.05, 3.63) is 56.8 Å². The summed E-state index contributed by atoms with van der Waals surface area (Å²) in [5.74, 6) is 0.102. The van der Waals surface area contributed by atoms with Crippen LogP contribution < -0.4 is 10.9 Å². The Balaban J connectivity index is 1.62. The first kappa shape index (κ1) is 25.6. The average Bonchev–Trinajstić information content (AvgIpc) is 3.27. The number of rotatable bonds is 7. The zero-order valence-electron chi connectivity index (χ0n) is 21.9. The third kappa shape index (κ3) is 5.20. The van der Waals surface area contributed by atoms with E-state index in [1.165, 1.54) is 0 Å². The van der Waals surface area contributed by atoms with Gasteiger partial charge in [0, 0.05) is 55.0 Å². The smallest absolute Gasteiger partial charge is 0.253 e. The molecule has 4 rings (SSSR count). The Hall–Kier alpha value is -3.49. The van der Waals surface area contributed by atoms with E-state index in [1.54, 1.807) is 6.20 Å². The first-order chi connectivity index (χ1) is 17.2. The van der Waals surface area contributed by atoms with E-state index in [2.05, 4.69) is 15.4 Å². The zero-order chi connectivity index (χ0) is 26.0. The van der Waals surface area contributed by atoms with Gasteiger partial charge in [-0.25, -0.2) is 9.67 Å². The van der Waals surface area contributed by atoms with E-state index < -0.39 is 0 Å². The van der Waals surface area contributed by atoms with Gasteiger partial charge in [0.1, 0.15) is 0 Å². The Kier molecular flexibility index (Phi) is 7.56. The lowest BCUT2D eigenvalue weighted by atomic mass is 9.91. The van der Waals surface area contributed by atoms with Crippen molar-refractivity contribution in [3.8, 4) is 0 Å². The fourth-order valence-corrected chi connectivity index (χ4v) is 4.97. The number of aryl methyl sites for hydroxylation is 2. The molecule has 1 aliphatic rings. The molecule has 0 saturated carbocycles. The molecule has 1 aliphatic heterocycles. The number of hydrogen-bond acceptors (Lipinski definition) is 5. The second kappa shape index (κ2) is 10.6. The van der Waals surface area contributed by atoms with Gasteiger partial charge in [0.2, 0.25) is 5.91 Å². The third-order valence-corrected chi connectivity index (χ3v) is 6.97. The number of carbonyl (C=O) groups excluding carboxylic acids is 2. The van der Waals surface area contributed by atoms with Crippen molar-refractivity contribution in [1.82, 2.24) is 30.0 Å². The van der Waals surface area contributed by atoms with Gasteiger partial charge in [-0.2, -0.15) is 5.10 Å². The standard InChI is InChI=1S/C27H36N6O3/c1-6-7-24(34)32-10-8-19(9-11-32)23-13-20(22-15-29-33(16(2)3)25(22)31-23)26(35)28-14-21-17(4)12-18(5)30-27(21)36/h12-13,15-16,19H,6-11,14H2,1-5H3,(H,28,35)(H,30,36). The van der Waals surface area contributed by atoms with Crippen LogP contribution in [0, 0.1) is 13.8 Å². The number of hydrogen-bond donors (Lipinski definition) is 2. The summed E-state index contributed by atoms with van der Waals surface area (Å²) in [5, 5.41) is 8.13. The van der Waals surface area contributed by atoms with Crippen LogP contribution in [0.2, 0.25) is 0 Å². The summed E-state index contributed by atoms with van der Waals surface area (Å²) in [7, 11) is 0. The molecule has 2 N–H and O–H groups in total. The van der Waals surface area contributed by atoms with E-state index in [-0.39, 0.29) is 35.9 Å². The molecule has 192 valence electrons. The number of aromatic amines is 1. The highest BCUT2D eigenvalue weighted by atomic mass is 16.2. The maximum absolute atomic E-state index is 13.4. The molecule has 36 heavy (non-hydrogen) atoms. The highest BCUT2D eigenvalue weighted by molar-refractivity contribution is 6.05. The number of likely N-dealkylation sites (tertiary alicyclic amines) is 1. The van der Waals surface area contributed by atoms with Gasteiger partial charge >= 0.3 is 0 Å². The number of H-pyrrole nitrogens is 1. The Morgan fingerprint density at radius 2 is 1.92 bits per heavy atom. The van der Waals surface area contributed by atoms with Crippen LogP contribution in [0.5, 0.6) is 0 Å². The average molecular weight is 493 g/mol. The Morgan fingerprint density at radius 1 is 1.19 bits per heavy atom. The lowest BCUT2D eigenvalue weighted by molar-refractivity contribution is -0.132. The molecule has 0 radical (unpaired) electrons. The zero-order valence-corrected chi connectivity index (χ0v) is 21.9. The minimum absolute atomic E-state index is 0.0865. The highest BCUT2D eigenvalue weighted by Crippen LogP contribution is 2.31. The van der Waals surface area contributed by atoms with E-state index in [4.69, 9.17) is 4.98 Å². The number of pyridine rings is 2. The first-order valence-corrected chi connectivity index (χ1v) is 12.8. The van der Waals surface area contributed by atoms with Gasteiger partial charge in [-0.15, -0.1) is 0 Å². The summed E-state index contributed by atoms with van der Waals surface area (Å²) in [5.41, 5.74) is 4.02. The molecule has 9 heteroatoms. The number of nitrogens with one attached hydrogen (secondary N) is 2. The van der Waals surface area contributed by atoms with Crippen LogP contribution in [0.25, 0.3) is 11.0 Å². The number of aromatic nitrogens is 4. The van der Waals surface area contributed by atoms with Crippen molar-refractivity contribution in [1.29, 1.82) is 0 Å². The maximum Gasteiger partial charge on any atom is 0.253 e. The largest absolute Gasteiger partial charge is 0.348 e. The lowest BCUT2D eigenvalue weighted by Gasteiger charge is -2.32. The van der Waals surface area contributed by atoms with Gasteiger partial charge in [0.25, 0.3) is 11.5 Å². The molecule has 0 unspecified atom stereocenters. The number of carbonyl (C=O) groups is 2. The Bertz CT molecular complexity index is 1330. The predicted molar refractivity (Wildman–Crippen MR) is 139 cm³/mol. The Labute approximate surface area is 211 Å². The van der Waals surface area contributed by atoms with E-state index >= 15 is 0 Å². The summed E-state index contributed by atoms with van der Waals surface area (Å²) in [6.07, 6.45) is 4.74. The number of piperidine rings is 1. The normalized spacial score (nSPS) is 14.6. The summed E-state index contributed by atoms with van der Waals surface area (Å²) < 4.78 is 1.84. The molecule has 0 bridgehead atoms. The van der Waals surface area contributed by atoms with Crippen molar-refractivity contribution in [2.24, 2.45) is 0 Å². The molecule has 4 heterocycles. The maximum atomic E-state index is 13.4. The lowest BCUT2D eigenvalue weighted by Crippen LogP contribution is -2.38. The molecule has 9 nitrogen and oxygen atoms in total. The molecular weight excluding hydrogens is 456 g/mol. The summed E-state index contributed by atoms with van der Waals surface area (Å²) in [6, 6.07) is 3.85. The highest BCUT2D eigenvalue weighted by Gasteiger charge is 2.27. The van der Waals surface area contributed by atoms with Crippen LogP contribution in [0.3, 0.4) is 0 Å². The van der Waals surface area contributed by atoms with Crippen LogP contribution in [0.4, 0.5) is 0 Å². The summed E-state index contributed by atoms with van der Waals surface area (Å²) >= 11 is 0. The molecule has 2 amide bonds. The van der Waals surface area contributed by atoms with Gasteiger partial charge in [-0.3, -0.25) is 14.4 Å². The number of nitrogens with zero attached hydrogens (tertiary/aromatic N) is 4. The minimum Gasteiger partial charge on any atom is -0.348 e. The monoisotopic (exact) mass is 492 g/mol. The van der Waals surface area contributed by atoms with Gasteiger partial charge in [-0.05, 0) is 64.7 Å². The number of fused-ring (bicyclic) bond motifs is 1. The minimum atomic E-state index is -0.262. The van der Waals surface area contributed by atoms with Crippen LogP contribution in [0.1, 0.15) is 91.3 Å². The van der Waals surface area contributed by atoms with E-state index in [9.17, 15) is 14.4 Å². The van der Waals surface area contributed by atoms with Crippen molar-refractivity contribution in [2.45, 2.75) is 78.8 Å². The third-order valence-electron chi connectivity index (χ3n) is 6.97. The molecule has 0 aromatic carbocycles. The second-order valence-corrected chi connectivity index (χ2v) is 10.0. The molecule has 1 fully saturated rings. The molecule has 0 aliphatic carbocycles. The van der Waals surface area contributed by atoms with Crippen LogP contribution >= 0.6 is 0 Å². The van der Waals surface area contributed by atoms with Gasteiger partial charge in [-0.1, -0.05) is 6.92 Å². The van der Waals surface area contributed by atoms with E-state index in [1.807, 2.05) is 56.3 Å². The molecule has 0 spiro atoms. The molecule has 1 saturated heterocycles. The summed E-state index contributed by atoms with van der Waals surface area (Å²) in [4.78, 5) is 47.8. The fraction of sp³-hybridized carbons (Fsp3) is 0.519. The number of amides is 2. The van der Waals surface area contributed by atoms with E-state index in [0.717, 1.165) is 36.2 Å². The SMILES string of the molecule is CCCC(=O)N1CCC(c2cc(C(=O)NCc3c(C)cc(C)[nH]c3=O)c3cnn(C(C)C)c3n2)CC1. The van der Waals surface area contributed by atoms with Crippen molar-refractivity contribution in [3.63, 3.8) is 0 Å². The fourth-order valence-electron chi connectivity index (χ4n) is 4.97. The molecule has 3 aromatic heterocycles. The van der Waals surface area contributed by atoms with Crippen molar-refractivity contribution in [2.75, 3.05) is 13.1 Å². The molecular formula is C27H36N6O3. The van der Waals surface area contributed by atoms with Crippen LogP contribution in [-0.4, -0.2) is 49.6 Å². The Morgan fingerprint density at radius 3 is 2.56 bits per heavy atom. The second-order valence-electron chi connectivity index (χ2n) is 10.0. The quantitative estimate of drug-likeness (QED) is 0.522. The van der Waals surface area contributed by atoms with Gasteiger partial charge in [0.05, 0.1) is 17.1 Å². The molecule has 3 aromatic rings. The van der Waals surface area contributed by atoms with Crippen molar-refractivity contribution < 1.29 is 9.59 Å². The van der Waals surface area contributed by atoms with Crippen LogP contribution in [0.15, 0.2) is 23.1 Å². The van der Waals surface area contributed by atoms with Crippen LogP contribution in [-0.2, 0) is 11.3 Å².